The Morgan fingerprint density at radius 1 is 1.15 bits per heavy atom. The van der Waals surface area contributed by atoms with Crippen LogP contribution in [0.2, 0.25) is 0 Å². The highest BCUT2D eigenvalue weighted by Gasteiger charge is 2.23. The number of nitrogens with zero attached hydrogens (tertiary/aromatic N) is 2. The molecule has 1 heterocycles. The van der Waals surface area contributed by atoms with Crippen molar-refractivity contribution in [2.75, 3.05) is 0 Å². The molecule has 27 heavy (non-hydrogen) atoms. The molecule has 5 nitrogen and oxygen atoms in total. The van der Waals surface area contributed by atoms with Gasteiger partial charge in [-0.05, 0) is 36.1 Å². The fraction of sp³-hybridized carbons (Fsp3) is 0.273. The van der Waals surface area contributed by atoms with E-state index in [2.05, 4.69) is 17.1 Å². The first-order chi connectivity index (χ1) is 13.3. The summed E-state index contributed by atoms with van der Waals surface area (Å²) in [5.41, 5.74) is 9.96. The number of hydrogen-bond donors (Lipinski definition) is 1. The average molecular weight is 361 g/mol. The second-order valence-electron chi connectivity index (χ2n) is 6.83. The third-order valence-corrected chi connectivity index (χ3v) is 5.10. The van der Waals surface area contributed by atoms with E-state index in [-0.39, 0.29) is 11.9 Å². The molecule has 2 N–H and O–H groups in total. The van der Waals surface area contributed by atoms with Gasteiger partial charge in [-0.2, -0.15) is 0 Å². The van der Waals surface area contributed by atoms with Crippen molar-refractivity contribution >= 4 is 5.78 Å². The molecule has 5 heteroatoms. The third kappa shape index (κ3) is 3.64. The minimum atomic E-state index is -0.178. The fourth-order valence-electron chi connectivity index (χ4n) is 3.73. The molecule has 0 spiro atoms. The summed E-state index contributed by atoms with van der Waals surface area (Å²) in [6.45, 7) is 1.00. The van der Waals surface area contributed by atoms with E-state index in [1.165, 1.54) is 0 Å². The van der Waals surface area contributed by atoms with Crippen LogP contribution in [-0.4, -0.2) is 15.3 Å². The molecule has 0 bridgehead atoms. The van der Waals surface area contributed by atoms with Crippen LogP contribution in [0, 0.1) is 0 Å². The number of aromatic nitrogens is 2. The van der Waals surface area contributed by atoms with E-state index in [9.17, 15) is 4.79 Å². The molecule has 0 radical (unpaired) electrons. The van der Waals surface area contributed by atoms with Crippen molar-refractivity contribution in [2.24, 2.45) is 5.73 Å². The Morgan fingerprint density at radius 3 is 2.74 bits per heavy atom. The Morgan fingerprint density at radius 2 is 2.00 bits per heavy atom. The molecule has 0 amide bonds. The Bertz CT molecular complexity index is 920. The maximum atomic E-state index is 12.2. The largest absolute Gasteiger partial charge is 0.484 e. The lowest BCUT2D eigenvalue weighted by Gasteiger charge is -2.25. The molecule has 1 aliphatic rings. The number of hydrogen-bond acceptors (Lipinski definition) is 4. The van der Waals surface area contributed by atoms with Crippen LogP contribution in [0.3, 0.4) is 0 Å². The van der Waals surface area contributed by atoms with E-state index in [1.807, 2.05) is 41.1 Å². The molecule has 0 aliphatic heterocycles. The van der Waals surface area contributed by atoms with Gasteiger partial charge in [-0.15, -0.1) is 0 Å². The molecule has 0 fully saturated rings. The van der Waals surface area contributed by atoms with Crippen molar-refractivity contribution in [1.82, 2.24) is 9.55 Å². The predicted octanol–water partition coefficient (Wildman–Crippen LogP) is 3.68. The molecular weight excluding hydrogens is 338 g/mol. The topological polar surface area (TPSA) is 70.1 Å². The zero-order chi connectivity index (χ0) is 18.6. The number of rotatable bonds is 6. The SMILES string of the molecule is NCc1c(OC(Cn2ccnc2)c2ccccc2)ccc2c1CCCC2=O. The Balaban J connectivity index is 1.69. The van der Waals surface area contributed by atoms with Crippen LogP contribution < -0.4 is 10.5 Å². The summed E-state index contributed by atoms with van der Waals surface area (Å²) in [6, 6.07) is 13.9. The Labute approximate surface area is 158 Å². The highest BCUT2D eigenvalue weighted by Crippen LogP contribution is 2.34. The molecule has 2 aromatic carbocycles. The van der Waals surface area contributed by atoms with Gasteiger partial charge in [-0.1, -0.05) is 30.3 Å². The van der Waals surface area contributed by atoms with Gasteiger partial charge in [0.05, 0.1) is 12.9 Å². The number of imidazole rings is 1. The Kier molecular flexibility index (Phi) is 5.03. The van der Waals surface area contributed by atoms with Crippen molar-refractivity contribution < 1.29 is 9.53 Å². The summed E-state index contributed by atoms with van der Waals surface area (Å²) in [6.07, 6.45) is 7.66. The summed E-state index contributed by atoms with van der Waals surface area (Å²) < 4.78 is 8.46. The lowest BCUT2D eigenvalue weighted by molar-refractivity contribution is 0.0972. The van der Waals surface area contributed by atoms with Crippen molar-refractivity contribution in [1.29, 1.82) is 0 Å². The van der Waals surface area contributed by atoms with E-state index in [1.54, 1.807) is 12.5 Å². The smallest absolute Gasteiger partial charge is 0.163 e. The molecule has 0 saturated heterocycles. The first-order valence-corrected chi connectivity index (χ1v) is 9.31. The summed E-state index contributed by atoms with van der Waals surface area (Å²) in [4.78, 5) is 16.4. The number of fused-ring (bicyclic) bond motifs is 1. The maximum absolute atomic E-state index is 12.2. The second-order valence-corrected chi connectivity index (χ2v) is 6.83. The number of ether oxygens (including phenoxy) is 1. The predicted molar refractivity (Wildman–Crippen MR) is 104 cm³/mol. The quantitative estimate of drug-likeness (QED) is 0.727. The van der Waals surface area contributed by atoms with E-state index < -0.39 is 0 Å². The van der Waals surface area contributed by atoms with E-state index in [4.69, 9.17) is 10.5 Å². The average Bonchev–Trinajstić information content (AvgIpc) is 3.21. The third-order valence-electron chi connectivity index (χ3n) is 5.10. The standard InChI is InChI=1S/C22H23N3O2/c23-13-19-17-7-4-8-20(26)18(17)9-10-21(19)27-22(14-25-12-11-24-15-25)16-5-2-1-3-6-16/h1-3,5-6,9-12,15,22H,4,7-8,13-14,23H2. The van der Waals surface area contributed by atoms with Gasteiger partial charge in [0.25, 0.3) is 0 Å². The number of nitrogens with two attached hydrogens (primary N) is 1. The number of benzene rings is 2. The molecule has 1 aliphatic carbocycles. The lowest BCUT2D eigenvalue weighted by Crippen LogP contribution is -2.19. The van der Waals surface area contributed by atoms with Gasteiger partial charge in [0, 0.05) is 36.5 Å². The van der Waals surface area contributed by atoms with Crippen molar-refractivity contribution in [3.05, 3.63) is 83.4 Å². The van der Waals surface area contributed by atoms with Crippen LogP contribution in [0.4, 0.5) is 0 Å². The number of carbonyl (C=O) groups excluding carboxylic acids is 1. The van der Waals surface area contributed by atoms with Crippen molar-refractivity contribution in [2.45, 2.75) is 38.5 Å². The zero-order valence-electron chi connectivity index (χ0n) is 15.2. The van der Waals surface area contributed by atoms with E-state index in [0.29, 0.717) is 19.5 Å². The van der Waals surface area contributed by atoms with Gasteiger partial charge in [0.1, 0.15) is 11.9 Å². The van der Waals surface area contributed by atoms with Gasteiger partial charge in [0.2, 0.25) is 0 Å². The van der Waals surface area contributed by atoms with Gasteiger partial charge in [-0.3, -0.25) is 4.79 Å². The van der Waals surface area contributed by atoms with Gasteiger partial charge >= 0.3 is 0 Å². The van der Waals surface area contributed by atoms with Gasteiger partial charge in [-0.25, -0.2) is 4.98 Å². The van der Waals surface area contributed by atoms with Gasteiger partial charge < -0.3 is 15.0 Å². The summed E-state index contributed by atoms with van der Waals surface area (Å²) >= 11 is 0. The van der Waals surface area contributed by atoms with Gasteiger partial charge in [0.15, 0.2) is 5.78 Å². The van der Waals surface area contributed by atoms with Crippen LogP contribution in [0.15, 0.2) is 61.2 Å². The highest BCUT2D eigenvalue weighted by atomic mass is 16.5. The second kappa shape index (κ2) is 7.76. The van der Waals surface area contributed by atoms with Crippen LogP contribution >= 0.6 is 0 Å². The number of ketones is 1. The van der Waals surface area contributed by atoms with Crippen LogP contribution in [0.25, 0.3) is 0 Å². The number of carbonyl (C=O) groups is 1. The molecule has 3 aromatic rings. The summed E-state index contributed by atoms with van der Waals surface area (Å²) in [5, 5.41) is 0. The molecule has 1 atom stereocenters. The molecule has 138 valence electrons. The monoisotopic (exact) mass is 361 g/mol. The van der Waals surface area contributed by atoms with Crippen molar-refractivity contribution in [3.8, 4) is 5.75 Å². The molecule has 1 aromatic heterocycles. The first-order valence-electron chi connectivity index (χ1n) is 9.31. The molecule has 1 unspecified atom stereocenters. The van der Waals surface area contributed by atoms with Crippen molar-refractivity contribution in [3.63, 3.8) is 0 Å². The minimum Gasteiger partial charge on any atom is -0.484 e. The van der Waals surface area contributed by atoms with Crippen LogP contribution in [0.1, 0.15) is 46.0 Å². The van der Waals surface area contributed by atoms with Crippen LogP contribution in [-0.2, 0) is 19.5 Å². The zero-order valence-corrected chi connectivity index (χ0v) is 15.2. The lowest BCUT2D eigenvalue weighted by atomic mass is 9.87. The number of Topliss-reactive ketones (excluding diaryl/α,β-unsaturated/α-hetero) is 1. The molecule has 0 saturated carbocycles. The Hall–Kier alpha value is -2.92. The molecular formula is C22H23N3O2. The van der Waals surface area contributed by atoms with E-state index >= 15 is 0 Å². The molecule has 4 rings (SSSR count). The summed E-state index contributed by atoms with van der Waals surface area (Å²) in [5.74, 6) is 0.968. The normalized spacial score (nSPS) is 14.6. The maximum Gasteiger partial charge on any atom is 0.163 e. The van der Waals surface area contributed by atoms with Crippen LogP contribution in [0.5, 0.6) is 5.75 Å². The first kappa shape index (κ1) is 17.5. The minimum absolute atomic E-state index is 0.178. The highest BCUT2D eigenvalue weighted by molar-refractivity contribution is 5.99. The summed E-state index contributed by atoms with van der Waals surface area (Å²) in [7, 11) is 0. The fourth-order valence-corrected chi connectivity index (χ4v) is 3.73. The van der Waals surface area contributed by atoms with E-state index in [0.717, 1.165) is 40.8 Å².